The average Bonchev–Trinajstić information content (AvgIpc) is 3.08. The number of aliphatic imine (C=N–C) groups is 1. The lowest BCUT2D eigenvalue weighted by Crippen LogP contribution is -2.36. The Morgan fingerprint density at radius 2 is 1.82 bits per heavy atom. The van der Waals surface area contributed by atoms with Crippen molar-refractivity contribution in [3.8, 4) is 0 Å². The Bertz CT molecular complexity index is 822. The summed E-state index contributed by atoms with van der Waals surface area (Å²) >= 11 is 0. The molecule has 2 aromatic rings. The molecule has 0 aliphatic carbocycles. The number of guanidine groups is 1. The number of aryl methyl sites for hydroxylation is 1. The summed E-state index contributed by atoms with van der Waals surface area (Å²) in [7, 11) is 1.78. The number of halogens is 1. The van der Waals surface area contributed by atoms with Gasteiger partial charge in [-0.05, 0) is 35.6 Å². The minimum Gasteiger partial charge on any atom is -0.352 e. The molecule has 0 bridgehead atoms. The van der Waals surface area contributed by atoms with Gasteiger partial charge in [0, 0.05) is 39.6 Å². The monoisotopic (exact) mass is 492 g/mol. The van der Waals surface area contributed by atoms with E-state index >= 15 is 0 Å². The molecule has 28 heavy (non-hydrogen) atoms. The van der Waals surface area contributed by atoms with E-state index in [0.717, 1.165) is 25.5 Å². The Morgan fingerprint density at radius 3 is 2.54 bits per heavy atom. The number of amides is 1. The SMILES string of the molecule is CN=C(NCc1cccc(CN2CCCC2=O)c1)NCc1ccccc1C.I. The second-order valence-corrected chi connectivity index (χ2v) is 6.94. The van der Waals surface area contributed by atoms with Crippen molar-refractivity contribution >= 4 is 35.8 Å². The normalized spacial score (nSPS) is 14.0. The summed E-state index contributed by atoms with van der Waals surface area (Å²) in [5, 5.41) is 6.73. The largest absolute Gasteiger partial charge is 0.352 e. The van der Waals surface area contributed by atoms with Crippen LogP contribution in [0.1, 0.15) is 35.1 Å². The van der Waals surface area contributed by atoms with Gasteiger partial charge in [-0.1, -0.05) is 48.5 Å². The van der Waals surface area contributed by atoms with Crippen molar-refractivity contribution in [2.45, 2.75) is 39.4 Å². The van der Waals surface area contributed by atoms with E-state index in [4.69, 9.17) is 0 Å². The second-order valence-electron chi connectivity index (χ2n) is 6.94. The minimum atomic E-state index is 0. The van der Waals surface area contributed by atoms with Gasteiger partial charge in [0.2, 0.25) is 5.91 Å². The first kappa shape index (κ1) is 22.2. The fourth-order valence-corrected chi connectivity index (χ4v) is 3.32. The molecule has 0 atom stereocenters. The van der Waals surface area contributed by atoms with E-state index < -0.39 is 0 Å². The smallest absolute Gasteiger partial charge is 0.222 e. The van der Waals surface area contributed by atoms with E-state index in [0.29, 0.717) is 19.5 Å². The zero-order valence-corrected chi connectivity index (χ0v) is 18.9. The van der Waals surface area contributed by atoms with Crippen LogP contribution < -0.4 is 10.6 Å². The summed E-state index contributed by atoms with van der Waals surface area (Å²) in [6.45, 7) is 5.12. The molecular formula is C22H29IN4O. The molecule has 5 nitrogen and oxygen atoms in total. The number of benzene rings is 2. The van der Waals surface area contributed by atoms with Crippen LogP contribution in [0.15, 0.2) is 53.5 Å². The van der Waals surface area contributed by atoms with Crippen molar-refractivity contribution in [3.05, 3.63) is 70.8 Å². The second kappa shape index (κ2) is 11.0. The first-order valence-electron chi connectivity index (χ1n) is 9.50. The lowest BCUT2D eigenvalue weighted by molar-refractivity contribution is -0.128. The number of hydrogen-bond donors (Lipinski definition) is 2. The molecule has 6 heteroatoms. The highest BCUT2D eigenvalue weighted by atomic mass is 127. The van der Waals surface area contributed by atoms with Crippen LogP contribution in [0.5, 0.6) is 0 Å². The molecule has 1 aliphatic heterocycles. The Balaban J connectivity index is 0.00000280. The van der Waals surface area contributed by atoms with Crippen molar-refractivity contribution in [2.75, 3.05) is 13.6 Å². The van der Waals surface area contributed by atoms with E-state index in [1.54, 1.807) is 7.05 Å². The lowest BCUT2D eigenvalue weighted by atomic mass is 10.1. The molecule has 2 aromatic carbocycles. The van der Waals surface area contributed by atoms with Crippen LogP contribution in [-0.4, -0.2) is 30.4 Å². The number of nitrogens with zero attached hydrogens (tertiary/aromatic N) is 2. The minimum absolute atomic E-state index is 0. The number of hydrogen-bond acceptors (Lipinski definition) is 2. The summed E-state index contributed by atoms with van der Waals surface area (Å²) in [6, 6.07) is 16.7. The van der Waals surface area contributed by atoms with Crippen LogP contribution in [0.3, 0.4) is 0 Å². The molecule has 0 aromatic heterocycles. The molecule has 1 aliphatic rings. The summed E-state index contributed by atoms with van der Waals surface area (Å²) in [5.41, 5.74) is 4.88. The number of likely N-dealkylation sites (tertiary alicyclic amines) is 1. The van der Waals surface area contributed by atoms with Crippen LogP contribution in [0.2, 0.25) is 0 Å². The molecule has 3 rings (SSSR count). The van der Waals surface area contributed by atoms with E-state index in [2.05, 4.69) is 71.1 Å². The van der Waals surface area contributed by atoms with Crippen molar-refractivity contribution in [1.29, 1.82) is 0 Å². The predicted octanol–water partition coefficient (Wildman–Crippen LogP) is 3.60. The molecule has 1 saturated heterocycles. The van der Waals surface area contributed by atoms with Crippen molar-refractivity contribution in [1.82, 2.24) is 15.5 Å². The van der Waals surface area contributed by atoms with Gasteiger partial charge in [-0.2, -0.15) is 0 Å². The van der Waals surface area contributed by atoms with Gasteiger partial charge in [0.1, 0.15) is 0 Å². The first-order chi connectivity index (χ1) is 13.2. The van der Waals surface area contributed by atoms with E-state index in [1.807, 2.05) is 4.90 Å². The number of carbonyl (C=O) groups is 1. The van der Waals surface area contributed by atoms with Crippen LogP contribution in [-0.2, 0) is 24.4 Å². The van der Waals surface area contributed by atoms with Crippen LogP contribution in [0.4, 0.5) is 0 Å². The number of rotatable bonds is 6. The van der Waals surface area contributed by atoms with Gasteiger partial charge in [0.25, 0.3) is 0 Å². The Morgan fingerprint density at radius 1 is 1.07 bits per heavy atom. The third-order valence-corrected chi connectivity index (χ3v) is 4.93. The maximum Gasteiger partial charge on any atom is 0.222 e. The van der Waals surface area contributed by atoms with Crippen LogP contribution in [0, 0.1) is 6.92 Å². The third kappa shape index (κ3) is 6.22. The van der Waals surface area contributed by atoms with Crippen LogP contribution in [0.25, 0.3) is 0 Å². The van der Waals surface area contributed by atoms with Gasteiger partial charge in [-0.15, -0.1) is 24.0 Å². The van der Waals surface area contributed by atoms with E-state index in [9.17, 15) is 4.79 Å². The molecule has 1 heterocycles. The average molecular weight is 492 g/mol. The molecular weight excluding hydrogens is 463 g/mol. The maximum absolute atomic E-state index is 11.8. The summed E-state index contributed by atoms with van der Waals surface area (Å²) in [5.74, 6) is 1.04. The highest BCUT2D eigenvalue weighted by Crippen LogP contribution is 2.15. The Labute approximate surface area is 184 Å². The molecule has 0 saturated carbocycles. The predicted molar refractivity (Wildman–Crippen MR) is 125 cm³/mol. The van der Waals surface area contributed by atoms with Gasteiger partial charge in [0.05, 0.1) is 0 Å². The first-order valence-corrected chi connectivity index (χ1v) is 9.50. The highest BCUT2D eigenvalue weighted by Gasteiger charge is 2.19. The van der Waals surface area contributed by atoms with Gasteiger partial charge in [-0.25, -0.2) is 0 Å². The maximum atomic E-state index is 11.8. The summed E-state index contributed by atoms with van der Waals surface area (Å²) in [4.78, 5) is 18.1. The molecule has 150 valence electrons. The zero-order chi connectivity index (χ0) is 19.1. The summed E-state index contributed by atoms with van der Waals surface area (Å²) in [6.07, 6.45) is 1.66. The molecule has 0 radical (unpaired) electrons. The van der Waals surface area contributed by atoms with Crippen molar-refractivity contribution in [2.24, 2.45) is 4.99 Å². The lowest BCUT2D eigenvalue weighted by Gasteiger charge is -2.17. The molecule has 1 fully saturated rings. The number of nitrogens with one attached hydrogen (secondary N) is 2. The fraction of sp³-hybridized carbons (Fsp3) is 0.364. The van der Waals surface area contributed by atoms with Crippen molar-refractivity contribution in [3.63, 3.8) is 0 Å². The van der Waals surface area contributed by atoms with Gasteiger partial charge >= 0.3 is 0 Å². The molecule has 0 unspecified atom stereocenters. The fourth-order valence-electron chi connectivity index (χ4n) is 3.32. The zero-order valence-electron chi connectivity index (χ0n) is 16.6. The van der Waals surface area contributed by atoms with E-state index in [1.165, 1.54) is 22.3 Å². The van der Waals surface area contributed by atoms with Crippen LogP contribution >= 0.6 is 24.0 Å². The number of carbonyl (C=O) groups excluding carboxylic acids is 1. The molecule has 1 amide bonds. The molecule has 2 N–H and O–H groups in total. The van der Waals surface area contributed by atoms with E-state index in [-0.39, 0.29) is 29.9 Å². The van der Waals surface area contributed by atoms with Gasteiger partial charge < -0.3 is 15.5 Å². The molecule has 0 spiro atoms. The Kier molecular flexibility index (Phi) is 8.76. The topological polar surface area (TPSA) is 56.7 Å². The Hall–Kier alpha value is -2.09. The van der Waals surface area contributed by atoms with Gasteiger partial charge in [-0.3, -0.25) is 9.79 Å². The summed E-state index contributed by atoms with van der Waals surface area (Å²) < 4.78 is 0. The quantitative estimate of drug-likeness (QED) is 0.368. The van der Waals surface area contributed by atoms with Gasteiger partial charge in [0.15, 0.2) is 5.96 Å². The highest BCUT2D eigenvalue weighted by molar-refractivity contribution is 14.0. The standard InChI is InChI=1S/C22H28N4O.HI/c1-17-7-3-4-10-20(17)15-25-22(23-2)24-14-18-8-5-9-19(13-18)16-26-12-6-11-21(26)27;/h3-5,7-10,13H,6,11-12,14-16H2,1-2H3,(H2,23,24,25);1H. The third-order valence-electron chi connectivity index (χ3n) is 4.93. The van der Waals surface area contributed by atoms with Crippen molar-refractivity contribution < 1.29 is 4.79 Å².